The smallest absolute Gasteiger partial charge is 0.339 e. The van der Waals surface area contributed by atoms with Crippen LogP contribution in [-0.4, -0.2) is 31.3 Å². The Hall–Kier alpha value is -2.24. The molecule has 0 radical (unpaired) electrons. The Morgan fingerprint density at radius 3 is 2.81 bits per heavy atom. The summed E-state index contributed by atoms with van der Waals surface area (Å²) >= 11 is 0. The number of aromatic hydroxyl groups is 1. The van der Waals surface area contributed by atoms with Crippen LogP contribution in [0.4, 0.5) is 0 Å². The normalized spacial score (nSPS) is 14.3. The largest absolute Gasteiger partial charge is 0.507 e. The summed E-state index contributed by atoms with van der Waals surface area (Å²) in [7, 11) is 2.81. The summed E-state index contributed by atoms with van der Waals surface area (Å²) in [5.74, 6) is -0.379. The Labute approximate surface area is 122 Å². The van der Waals surface area contributed by atoms with Crippen molar-refractivity contribution >= 4 is 11.9 Å². The molecule has 1 aromatic carbocycles. The number of esters is 2. The number of cyclic esters (lactones) is 1. The zero-order chi connectivity index (χ0) is 15.6. The molecule has 1 N–H and O–H groups in total. The minimum atomic E-state index is -0.465. The number of hydrogen-bond donors (Lipinski definition) is 1. The van der Waals surface area contributed by atoms with E-state index >= 15 is 0 Å². The number of rotatable bonds is 5. The van der Waals surface area contributed by atoms with E-state index in [4.69, 9.17) is 9.47 Å². The molecule has 6 heteroatoms. The Kier molecular flexibility index (Phi) is 4.35. The average Bonchev–Trinajstić information content (AvgIpc) is 2.83. The van der Waals surface area contributed by atoms with Crippen LogP contribution in [0.2, 0.25) is 0 Å². The first-order chi connectivity index (χ1) is 9.97. The Bertz CT molecular complexity index is 578. The number of fused-ring (bicyclic) bond motifs is 1. The lowest BCUT2D eigenvalue weighted by atomic mass is 9.93. The summed E-state index contributed by atoms with van der Waals surface area (Å²) in [6.45, 7) is 1.94. The minimum Gasteiger partial charge on any atom is -0.507 e. The van der Waals surface area contributed by atoms with Crippen LogP contribution in [0.5, 0.6) is 11.5 Å². The van der Waals surface area contributed by atoms with E-state index in [-0.39, 0.29) is 30.7 Å². The Morgan fingerprint density at radius 1 is 1.48 bits per heavy atom. The molecule has 2 rings (SSSR count). The first kappa shape index (κ1) is 15.2. The van der Waals surface area contributed by atoms with Crippen LogP contribution in [0.1, 0.15) is 34.8 Å². The van der Waals surface area contributed by atoms with Crippen molar-refractivity contribution in [2.75, 3.05) is 14.2 Å². The highest BCUT2D eigenvalue weighted by Crippen LogP contribution is 2.39. The van der Waals surface area contributed by atoms with Gasteiger partial charge in [0.05, 0.1) is 19.8 Å². The highest BCUT2D eigenvalue weighted by molar-refractivity contribution is 5.95. The van der Waals surface area contributed by atoms with E-state index in [2.05, 4.69) is 4.74 Å². The number of hydrogen-bond acceptors (Lipinski definition) is 6. The molecular weight excluding hydrogens is 276 g/mol. The van der Waals surface area contributed by atoms with Crippen LogP contribution in [0.25, 0.3) is 0 Å². The van der Waals surface area contributed by atoms with Gasteiger partial charge < -0.3 is 19.3 Å². The second-order valence-corrected chi connectivity index (χ2v) is 5.10. The number of phenols is 1. The molecule has 1 heterocycles. The molecule has 0 spiro atoms. The maximum atomic E-state index is 11.6. The van der Waals surface area contributed by atoms with Crippen molar-refractivity contribution in [3.63, 3.8) is 0 Å². The number of phenolic OH excluding ortho intramolecular Hbond substituents is 1. The van der Waals surface area contributed by atoms with Gasteiger partial charge in [-0.25, -0.2) is 4.79 Å². The summed E-state index contributed by atoms with van der Waals surface area (Å²) in [6, 6.07) is 1.57. The molecule has 1 aromatic rings. The van der Waals surface area contributed by atoms with Crippen LogP contribution in [0.15, 0.2) is 6.07 Å². The van der Waals surface area contributed by atoms with Crippen LogP contribution in [0.3, 0.4) is 0 Å². The molecular formula is C15H18O6. The zero-order valence-corrected chi connectivity index (χ0v) is 12.3. The highest BCUT2D eigenvalue weighted by atomic mass is 16.5. The maximum Gasteiger partial charge on any atom is 0.339 e. The van der Waals surface area contributed by atoms with Gasteiger partial charge in [0.25, 0.3) is 0 Å². The van der Waals surface area contributed by atoms with E-state index in [0.717, 1.165) is 0 Å². The van der Waals surface area contributed by atoms with Gasteiger partial charge in [0.1, 0.15) is 18.1 Å². The van der Waals surface area contributed by atoms with Crippen molar-refractivity contribution in [3.8, 4) is 11.5 Å². The second-order valence-electron chi connectivity index (χ2n) is 5.10. The number of ether oxygens (including phenoxy) is 3. The van der Waals surface area contributed by atoms with Crippen LogP contribution < -0.4 is 4.74 Å². The summed E-state index contributed by atoms with van der Waals surface area (Å²) in [5, 5.41) is 10.4. The topological polar surface area (TPSA) is 82.1 Å². The third kappa shape index (κ3) is 2.94. The first-order valence-electron chi connectivity index (χ1n) is 6.63. The van der Waals surface area contributed by atoms with E-state index in [1.54, 1.807) is 6.07 Å². The van der Waals surface area contributed by atoms with Gasteiger partial charge in [0.2, 0.25) is 0 Å². The molecule has 0 amide bonds. The van der Waals surface area contributed by atoms with Crippen molar-refractivity contribution in [2.45, 2.75) is 26.4 Å². The minimum absolute atomic E-state index is 0.00640. The zero-order valence-electron chi connectivity index (χ0n) is 12.3. The lowest BCUT2D eigenvalue weighted by Crippen LogP contribution is -2.10. The molecule has 1 aliphatic heterocycles. The fraction of sp³-hybridized carbons (Fsp3) is 0.467. The standard InChI is InChI=1S/C15H18O6/c1-8(5-13(16)20-3)4-10-12(19-2)6-9-11(14(10)17)7-21-15(9)18/h6,8,17H,4-5,7H2,1-3H3. The molecule has 0 bridgehead atoms. The van der Waals surface area contributed by atoms with Crippen LogP contribution >= 0.6 is 0 Å². The van der Waals surface area contributed by atoms with Gasteiger partial charge in [-0.15, -0.1) is 0 Å². The number of methoxy groups -OCH3 is 2. The Balaban J connectivity index is 2.31. The van der Waals surface area contributed by atoms with Crippen LogP contribution in [-0.2, 0) is 27.3 Å². The SMILES string of the molecule is COC(=O)CC(C)Cc1c(OC)cc2c(c1O)COC2=O. The van der Waals surface area contributed by atoms with Gasteiger partial charge in [-0.05, 0) is 18.4 Å². The predicted molar refractivity (Wildman–Crippen MR) is 73.3 cm³/mol. The summed E-state index contributed by atoms with van der Waals surface area (Å²) in [4.78, 5) is 22.9. The second kappa shape index (κ2) is 6.03. The number of benzene rings is 1. The van der Waals surface area contributed by atoms with E-state index < -0.39 is 5.97 Å². The lowest BCUT2D eigenvalue weighted by Gasteiger charge is -2.16. The molecule has 1 unspecified atom stereocenters. The molecule has 0 fully saturated rings. The fourth-order valence-electron chi connectivity index (χ4n) is 2.44. The van der Waals surface area contributed by atoms with Crippen molar-refractivity contribution < 1.29 is 28.9 Å². The summed E-state index contributed by atoms with van der Waals surface area (Å²) < 4.78 is 14.8. The first-order valence-corrected chi connectivity index (χ1v) is 6.63. The molecule has 1 atom stereocenters. The fourth-order valence-corrected chi connectivity index (χ4v) is 2.44. The van der Waals surface area contributed by atoms with Crippen LogP contribution in [0, 0.1) is 5.92 Å². The van der Waals surface area contributed by atoms with Gasteiger partial charge >= 0.3 is 11.9 Å². The molecule has 21 heavy (non-hydrogen) atoms. The Morgan fingerprint density at radius 2 is 2.19 bits per heavy atom. The lowest BCUT2D eigenvalue weighted by molar-refractivity contribution is -0.141. The molecule has 0 saturated carbocycles. The van der Waals surface area contributed by atoms with Gasteiger partial charge in [-0.1, -0.05) is 6.92 Å². The quantitative estimate of drug-likeness (QED) is 0.834. The number of carbonyl (C=O) groups excluding carboxylic acids is 2. The molecule has 114 valence electrons. The molecule has 0 aromatic heterocycles. The molecule has 1 aliphatic rings. The summed E-state index contributed by atoms with van der Waals surface area (Å²) in [6.07, 6.45) is 0.678. The van der Waals surface area contributed by atoms with Gasteiger partial charge in [0.15, 0.2) is 0 Å². The van der Waals surface area contributed by atoms with E-state index in [1.165, 1.54) is 14.2 Å². The molecule has 6 nitrogen and oxygen atoms in total. The van der Waals surface area contributed by atoms with Crippen molar-refractivity contribution in [1.29, 1.82) is 0 Å². The maximum absolute atomic E-state index is 11.6. The van der Waals surface area contributed by atoms with Gasteiger partial charge in [-0.2, -0.15) is 0 Å². The number of carbonyl (C=O) groups is 2. The summed E-state index contributed by atoms with van der Waals surface area (Å²) in [5.41, 5.74) is 1.38. The van der Waals surface area contributed by atoms with Crippen molar-refractivity contribution in [1.82, 2.24) is 0 Å². The molecule has 0 saturated heterocycles. The van der Waals surface area contributed by atoms with Crippen molar-refractivity contribution in [2.24, 2.45) is 5.92 Å². The van der Waals surface area contributed by atoms with Gasteiger partial charge in [-0.3, -0.25) is 4.79 Å². The van der Waals surface area contributed by atoms with Gasteiger partial charge in [0, 0.05) is 17.5 Å². The monoisotopic (exact) mass is 294 g/mol. The van der Waals surface area contributed by atoms with E-state index in [1.807, 2.05) is 6.92 Å². The highest BCUT2D eigenvalue weighted by Gasteiger charge is 2.29. The third-order valence-corrected chi connectivity index (χ3v) is 3.55. The predicted octanol–water partition coefficient (Wildman–Crippen LogP) is 1.81. The molecule has 0 aliphatic carbocycles. The van der Waals surface area contributed by atoms with E-state index in [9.17, 15) is 14.7 Å². The van der Waals surface area contributed by atoms with Crippen molar-refractivity contribution in [3.05, 3.63) is 22.8 Å². The van der Waals surface area contributed by atoms with E-state index in [0.29, 0.717) is 28.9 Å². The average molecular weight is 294 g/mol. The third-order valence-electron chi connectivity index (χ3n) is 3.55.